The molecule has 1 rings (SSSR count). The number of rotatable bonds is 8. The van der Waals surface area contributed by atoms with Crippen molar-refractivity contribution in [1.29, 1.82) is 0 Å². The summed E-state index contributed by atoms with van der Waals surface area (Å²) in [6, 6.07) is 0. The first-order valence-corrected chi connectivity index (χ1v) is 6.60. The number of carbonyl (C=O) groups excluding carboxylic acids is 2. The third kappa shape index (κ3) is 5.60. The molecule has 0 aromatic carbocycles. The van der Waals surface area contributed by atoms with Crippen LogP contribution < -0.4 is 5.32 Å². The maximum atomic E-state index is 11.5. The lowest BCUT2D eigenvalue weighted by molar-refractivity contribution is -0.122. The lowest BCUT2D eigenvalue weighted by Gasteiger charge is -2.18. The Balaban J connectivity index is 2.10. The summed E-state index contributed by atoms with van der Waals surface area (Å²) in [6.45, 7) is 2.26. The van der Waals surface area contributed by atoms with Crippen LogP contribution in [0.1, 0.15) is 25.7 Å². The van der Waals surface area contributed by atoms with Gasteiger partial charge in [0.2, 0.25) is 5.91 Å². The molecule has 1 fully saturated rings. The van der Waals surface area contributed by atoms with Crippen molar-refractivity contribution in [1.82, 2.24) is 10.2 Å². The molecule has 0 aliphatic heterocycles. The predicted molar refractivity (Wildman–Crippen MR) is 69.3 cm³/mol. The van der Waals surface area contributed by atoms with Crippen LogP contribution in [0, 0.1) is 5.92 Å². The number of hydrogen-bond acceptors (Lipinski definition) is 4. The van der Waals surface area contributed by atoms with Crippen LogP contribution >= 0.6 is 0 Å². The van der Waals surface area contributed by atoms with Gasteiger partial charge in [-0.15, -0.1) is 0 Å². The number of likely N-dealkylation sites (N-methyl/N-ethyl adjacent to an activating group) is 1. The Hall–Kier alpha value is -0.940. The van der Waals surface area contributed by atoms with Gasteiger partial charge in [-0.2, -0.15) is 0 Å². The fourth-order valence-corrected chi connectivity index (χ4v) is 2.24. The number of amides is 1. The quantitative estimate of drug-likeness (QED) is 0.640. The maximum Gasteiger partial charge on any atom is 0.234 e. The molecule has 1 unspecified atom stereocenters. The molecule has 18 heavy (non-hydrogen) atoms. The molecule has 0 radical (unpaired) electrons. The molecule has 1 N–H and O–H groups in total. The smallest absolute Gasteiger partial charge is 0.234 e. The van der Waals surface area contributed by atoms with E-state index in [0.717, 1.165) is 32.2 Å². The van der Waals surface area contributed by atoms with Gasteiger partial charge < -0.3 is 10.1 Å². The summed E-state index contributed by atoms with van der Waals surface area (Å²) in [4.78, 5) is 25.0. The number of hydrogen-bond donors (Lipinski definition) is 1. The molecule has 1 atom stereocenters. The van der Waals surface area contributed by atoms with Gasteiger partial charge in [-0.3, -0.25) is 14.5 Å². The minimum Gasteiger partial charge on any atom is -0.383 e. The highest BCUT2D eigenvalue weighted by Gasteiger charge is 2.24. The fraction of sp³-hybridized carbons (Fsp3) is 0.846. The monoisotopic (exact) mass is 256 g/mol. The molecule has 0 saturated heterocycles. The van der Waals surface area contributed by atoms with Gasteiger partial charge in [0, 0.05) is 26.0 Å². The molecule has 0 aromatic heterocycles. The molecule has 5 nitrogen and oxygen atoms in total. The molecule has 1 aliphatic carbocycles. The van der Waals surface area contributed by atoms with Gasteiger partial charge in [0.1, 0.15) is 5.78 Å². The highest BCUT2D eigenvalue weighted by atomic mass is 16.5. The number of methoxy groups -OCH3 is 1. The summed E-state index contributed by atoms with van der Waals surface area (Å²) in [7, 11) is 3.52. The van der Waals surface area contributed by atoms with E-state index in [-0.39, 0.29) is 11.8 Å². The van der Waals surface area contributed by atoms with Crippen LogP contribution in [0.5, 0.6) is 0 Å². The maximum absolute atomic E-state index is 11.5. The average molecular weight is 256 g/mol. The van der Waals surface area contributed by atoms with Crippen LogP contribution in [0.2, 0.25) is 0 Å². The standard InChI is InChI=1S/C13H24N2O3/c1-15(10-13(17)14-7-9-18-2)8-6-11-4-3-5-12(11)16/h11H,3-10H2,1-2H3,(H,14,17). The Morgan fingerprint density at radius 3 is 2.94 bits per heavy atom. The molecular weight excluding hydrogens is 232 g/mol. The van der Waals surface area contributed by atoms with E-state index in [2.05, 4.69) is 5.32 Å². The Morgan fingerprint density at radius 1 is 1.56 bits per heavy atom. The van der Waals surface area contributed by atoms with Crippen molar-refractivity contribution in [3.63, 3.8) is 0 Å². The Morgan fingerprint density at radius 2 is 2.33 bits per heavy atom. The molecular formula is C13H24N2O3. The minimum absolute atomic E-state index is 0.00676. The van der Waals surface area contributed by atoms with Gasteiger partial charge in [-0.05, 0) is 32.9 Å². The van der Waals surface area contributed by atoms with Crippen LogP contribution in [0.3, 0.4) is 0 Å². The second kappa shape index (κ2) is 8.21. The first kappa shape index (κ1) is 15.1. The Labute approximate surface area is 109 Å². The van der Waals surface area contributed by atoms with Gasteiger partial charge in [0.15, 0.2) is 0 Å². The lowest BCUT2D eigenvalue weighted by atomic mass is 10.0. The molecule has 1 aliphatic rings. The van der Waals surface area contributed by atoms with E-state index in [9.17, 15) is 9.59 Å². The zero-order chi connectivity index (χ0) is 13.4. The van der Waals surface area contributed by atoms with Gasteiger partial charge >= 0.3 is 0 Å². The number of ketones is 1. The van der Waals surface area contributed by atoms with E-state index in [1.807, 2.05) is 11.9 Å². The van der Waals surface area contributed by atoms with Crippen LogP contribution in [0.4, 0.5) is 0 Å². The fourth-order valence-electron chi connectivity index (χ4n) is 2.24. The van der Waals surface area contributed by atoms with Crippen molar-refractivity contribution in [3.05, 3.63) is 0 Å². The number of nitrogens with one attached hydrogen (secondary N) is 1. The first-order chi connectivity index (χ1) is 8.63. The van der Waals surface area contributed by atoms with Crippen molar-refractivity contribution >= 4 is 11.7 Å². The number of nitrogens with zero attached hydrogens (tertiary/aromatic N) is 1. The minimum atomic E-state index is 0.00676. The average Bonchev–Trinajstić information content (AvgIpc) is 2.72. The largest absolute Gasteiger partial charge is 0.383 e. The number of ether oxygens (including phenoxy) is 1. The number of Topliss-reactive ketones (excluding diaryl/α,β-unsaturated/α-hetero) is 1. The molecule has 1 saturated carbocycles. The first-order valence-electron chi connectivity index (χ1n) is 6.60. The van der Waals surface area contributed by atoms with Crippen molar-refractivity contribution in [2.45, 2.75) is 25.7 Å². The summed E-state index contributed by atoms with van der Waals surface area (Å²) in [6.07, 6.45) is 3.67. The van der Waals surface area contributed by atoms with Gasteiger partial charge in [-0.1, -0.05) is 0 Å². The molecule has 0 aromatic rings. The summed E-state index contributed by atoms with van der Waals surface area (Å²) in [5.41, 5.74) is 0. The van der Waals surface area contributed by atoms with E-state index < -0.39 is 0 Å². The summed E-state index contributed by atoms with van der Waals surface area (Å²) in [5, 5.41) is 2.78. The van der Waals surface area contributed by atoms with E-state index in [1.54, 1.807) is 7.11 Å². The highest BCUT2D eigenvalue weighted by Crippen LogP contribution is 2.24. The predicted octanol–water partition coefficient (Wildman–Crippen LogP) is 0.440. The zero-order valence-corrected chi connectivity index (χ0v) is 11.4. The second-order valence-corrected chi connectivity index (χ2v) is 4.92. The van der Waals surface area contributed by atoms with E-state index in [4.69, 9.17) is 4.74 Å². The van der Waals surface area contributed by atoms with Gasteiger partial charge in [0.25, 0.3) is 0 Å². The Kier molecular flexibility index (Phi) is 6.90. The topological polar surface area (TPSA) is 58.6 Å². The van der Waals surface area contributed by atoms with Gasteiger partial charge in [-0.25, -0.2) is 0 Å². The summed E-state index contributed by atoms with van der Waals surface area (Å²) in [5.74, 6) is 0.629. The molecule has 5 heteroatoms. The van der Waals surface area contributed by atoms with Crippen LogP contribution in [0.15, 0.2) is 0 Å². The van der Waals surface area contributed by atoms with Crippen molar-refractivity contribution < 1.29 is 14.3 Å². The van der Waals surface area contributed by atoms with Crippen LogP contribution in [-0.2, 0) is 14.3 Å². The van der Waals surface area contributed by atoms with Crippen LogP contribution in [0.25, 0.3) is 0 Å². The van der Waals surface area contributed by atoms with Gasteiger partial charge in [0.05, 0.1) is 13.2 Å². The highest BCUT2D eigenvalue weighted by molar-refractivity contribution is 5.82. The number of carbonyl (C=O) groups is 2. The van der Waals surface area contributed by atoms with Crippen molar-refractivity contribution in [2.24, 2.45) is 5.92 Å². The normalized spacial score (nSPS) is 19.5. The Bertz CT molecular complexity index is 281. The third-order valence-corrected chi connectivity index (χ3v) is 3.33. The van der Waals surface area contributed by atoms with E-state index >= 15 is 0 Å². The summed E-state index contributed by atoms with van der Waals surface area (Å²) >= 11 is 0. The third-order valence-electron chi connectivity index (χ3n) is 3.33. The van der Waals surface area contributed by atoms with E-state index in [0.29, 0.717) is 25.5 Å². The van der Waals surface area contributed by atoms with Crippen molar-refractivity contribution in [2.75, 3.05) is 40.4 Å². The lowest BCUT2D eigenvalue weighted by Crippen LogP contribution is -2.37. The van der Waals surface area contributed by atoms with E-state index in [1.165, 1.54) is 0 Å². The molecule has 0 bridgehead atoms. The molecule has 0 heterocycles. The second-order valence-electron chi connectivity index (χ2n) is 4.92. The molecule has 0 spiro atoms. The molecule has 1 amide bonds. The molecule has 104 valence electrons. The zero-order valence-electron chi connectivity index (χ0n) is 11.4. The van der Waals surface area contributed by atoms with Crippen LogP contribution in [-0.4, -0.2) is 57.0 Å². The van der Waals surface area contributed by atoms with Crippen molar-refractivity contribution in [3.8, 4) is 0 Å². The SMILES string of the molecule is COCCNC(=O)CN(C)CCC1CCCC1=O. The summed E-state index contributed by atoms with van der Waals surface area (Å²) < 4.78 is 4.86.